The lowest BCUT2D eigenvalue weighted by Gasteiger charge is -2.26. The first kappa shape index (κ1) is 46.5. The number of sulfone groups is 1. The fourth-order valence-electron chi connectivity index (χ4n) is 8.76. The molecular formula is C42H37ClF8N8O6S2. The van der Waals surface area contributed by atoms with E-state index in [1.807, 2.05) is 0 Å². The third-order valence-corrected chi connectivity index (χ3v) is 16.8. The number of hydrogen-bond donors (Lipinski definition) is 2. The van der Waals surface area contributed by atoms with Crippen LogP contribution in [0.15, 0.2) is 53.3 Å². The largest absolute Gasteiger partial charge is 0.344 e. The van der Waals surface area contributed by atoms with Crippen LogP contribution < -0.4 is 15.6 Å². The van der Waals surface area contributed by atoms with Crippen molar-refractivity contribution in [2.24, 2.45) is 5.92 Å². The van der Waals surface area contributed by atoms with Gasteiger partial charge < -0.3 is 5.32 Å². The van der Waals surface area contributed by atoms with Gasteiger partial charge in [0.2, 0.25) is 15.9 Å². The van der Waals surface area contributed by atoms with Crippen LogP contribution >= 0.6 is 11.6 Å². The Bertz CT molecular complexity index is 3340. The minimum absolute atomic E-state index is 0.0693. The molecule has 2 N–H and O–H groups in total. The molecule has 6 aromatic rings. The van der Waals surface area contributed by atoms with Gasteiger partial charge in [0, 0.05) is 30.2 Å². The highest BCUT2D eigenvalue weighted by atomic mass is 35.5. The van der Waals surface area contributed by atoms with E-state index >= 15 is 13.6 Å². The van der Waals surface area contributed by atoms with Gasteiger partial charge in [-0.05, 0) is 86.6 Å². The highest BCUT2D eigenvalue weighted by molar-refractivity contribution is 7.93. The number of fused-ring (bicyclic) bond motifs is 5. The standard InChI is InChI=1S/C42H37ClF8N8O6S2/c1-41(2,66(3,62)63)19-4-7-23-27(13-19)53-39(59(40(23)61)29-9-8-26(43)33-35(29)57(16-30(46)47)55-38(33)56-67(64,65)22-5-6-22)28(12-18-10-20(44)14-21(45)11-18)52-31(60)17-58-36-32(34(54-58)37(48)49)24-15-25(24)42(36,50)51/h4,7-11,13-14,22,24-25,28,30,37H,5-6,12,15-17H2,1-3H3,(H,52,60)(H,55,56)/t24-,25+,28?/m0/s1. The summed E-state index contributed by atoms with van der Waals surface area (Å²) in [6, 6.07) is 6.75. The Balaban J connectivity index is 1.29. The molecule has 2 fully saturated rings. The second-order valence-electron chi connectivity index (χ2n) is 17.5. The van der Waals surface area contributed by atoms with Gasteiger partial charge in [0.1, 0.15) is 41.9 Å². The van der Waals surface area contributed by atoms with Crippen LogP contribution in [0.5, 0.6) is 0 Å². The zero-order valence-electron chi connectivity index (χ0n) is 35.2. The second kappa shape index (κ2) is 16.0. The van der Waals surface area contributed by atoms with Gasteiger partial charge in [-0.1, -0.05) is 17.7 Å². The Morgan fingerprint density at radius 3 is 2.28 bits per heavy atom. The van der Waals surface area contributed by atoms with Gasteiger partial charge in [-0.2, -0.15) is 19.0 Å². The van der Waals surface area contributed by atoms with Gasteiger partial charge >= 0.3 is 0 Å². The van der Waals surface area contributed by atoms with Crippen LogP contribution in [0.4, 0.5) is 40.9 Å². The normalized spacial score (nSPS) is 18.5. The summed E-state index contributed by atoms with van der Waals surface area (Å²) >= 11 is 6.64. The fourth-order valence-corrected chi connectivity index (χ4v) is 10.9. The van der Waals surface area contributed by atoms with Crippen molar-refractivity contribution in [3.05, 3.63) is 109 Å². The first-order valence-corrected chi connectivity index (χ1v) is 24.4. The maximum absolute atomic E-state index is 15.6. The van der Waals surface area contributed by atoms with Crippen LogP contribution in [0, 0.1) is 17.6 Å². The van der Waals surface area contributed by atoms with Crippen molar-refractivity contribution in [1.29, 1.82) is 0 Å². The Hall–Kier alpha value is -5.62. The van der Waals surface area contributed by atoms with E-state index in [-0.39, 0.29) is 55.6 Å². The molecule has 3 heterocycles. The number of rotatable bonds is 15. The van der Waals surface area contributed by atoms with Crippen molar-refractivity contribution < 1.29 is 56.8 Å². The molecule has 25 heteroatoms. The molecule has 3 aromatic carbocycles. The van der Waals surface area contributed by atoms with E-state index in [9.17, 15) is 48.0 Å². The first-order chi connectivity index (χ1) is 31.3. The van der Waals surface area contributed by atoms with Crippen molar-refractivity contribution in [3.63, 3.8) is 0 Å². The Kier molecular flexibility index (Phi) is 11.1. The predicted molar refractivity (Wildman–Crippen MR) is 228 cm³/mol. The van der Waals surface area contributed by atoms with E-state index in [1.54, 1.807) is 0 Å². The highest BCUT2D eigenvalue weighted by Crippen LogP contribution is 2.68. The number of hydrogen-bond acceptors (Lipinski definition) is 9. The zero-order chi connectivity index (χ0) is 48.4. The Morgan fingerprint density at radius 1 is 0.970 bits per heavy atom. The maximum atomic E-state index is 15.6. The number of nitrogens with one attached hydrogen (secondary N) is 2. The van der Waals surface area contributed by atoms with E-state index in [1.165, 1.54) is 44.2 Å². The van der Waals surface area contributed by atoms with Crippen molar-refractivity contribution >= 4 is 65.0 Å². The predicted octanol–water partition coefficient (Wildman–Crippen LogP) is 7.56. The molecule has 3 aromatic heterocycles. The molecule has 2 saturated carbocycles. The van der Waals surface area contributed by atoms with Gasteiger partial charge in [-0.25, -0.2) is 48.2 Å². The molecule has 0 aliphatic heterocycles. The number of anilines is 1. The number of sulfonamides is 1. The molecule has 9 rings (SSSR count). The summed E-state index contributed by atoms with van der Waals surface area (Å²) in [6.07, 6.45) is -5.55. The summed E-state index contributed by atoms with van der Waals surface area (Å²) in [5.74, 6) is -10.2. The number of alkyl halides is 6. The van der Waals surface area contributed by atoms with E-state index in [2.05, 4.69) is 20.2 Å². The molecule has 14 nitrogen and oxygen atoms in total. The van der Waals surface area contributed by atoms with Crippen molar-refractivity contribution in [2.75, 3.05) is 11.0 Å². The van der Waals surface area contributed by atoms with Gasteiger partial charge in [0.25, 0.3) is 24.3 Å². The Morgan fingerprint density at radius 2 is 1.66 bits per heavy atom. The van der Waals surface area contributed by atoms with E-state index < -0.39 is 132 Å². The van der Waals surface area contributed by atoms with Crippen molar-refractivity contribution in [3.8, 4) is 5.69 Å². The van der Waals surface area contributed by atoms with E-state index in [0.717, 1.165) is 23.0 Å². The summed E-state index contributed by atoms with van der Waals surface area (Å²) in [4.78, 5) is 34.1. The molecule has 356 valence electrons. The van der Waals surface area contributed by atoms with Crippen molar-refractivity contribution in [2.45, 2.75) is 93.4 Å². The number of nitrogens with zero attached hydrogens (tertiary/aromatic N) is 6. The summed E-state index contributed by atoms with van der Waals surface area (Å²) in [6.45, 7) is 0.470. The third-order valence-electron chi connectivity index (χ3n) is 12.6. The van der Waals surface area contributed by atoms with Crippen LogP contribution in [0.25, 0.3) is 27.5 Å². The molecule has 3 aliphatic rings. The molecule has 3 aliphatic carbocycles. The monoisotopic (exact) mass is 1000 g/mol. The van der Waals surface area contributed by atoms with Crippen LogP contribution in [-0.4, -0.2) is 69.8 Å². The molecule has 0 saturated heterocycles. The fraction of sp³-hybridized carbons (Fsp3) is 0.405. The van der Waals surface area contributed by atoms with E-state index in [0.29, 0.717) is 28.3 Å². The summed E-state index contributed by atoms with van der Waals surface area (Å²) < 4.78 is 173. The topological polar surface area (TPSA) is 180 Å². The zero-order valence-corrected chi connectivity index (χ0v) is 37.6. The summed E-state index contributed by atoms with van der Waals surface area (Å²) in [7, 11) is -7.98. The number of aromatic nitrogens is 6. The molecule has 0 radical (unpaired) electrons. The van der Waals surface area contributed by atoms with E-state index in [4.69, 9.17) is 16.6 Å². The maximum Gasteiger partial charge on any atom is 0.293 e. The van der Waals surface area contributed by atoms with Gasteiger partial charge in [0.05, 0.1) is 48.6 Å². The minimum Gasteiger partial charge on any atom is -0.344 e. The number of amides is 1. The molecule has 1 unspecified atom stereocenters. The first-order valence-electron chi connectivity index (χ1n) is 20.6. The lowest BCUT2D eigenvalue weighted by Crippen LogP contribution is -2.38. The average molecular weight is 1000 g/mol. The third kappa shape index (κ3) is 8.10. The quantitative estimate of drug-likeness (QED) is 0.0983. The average Bonchev–Trinajstić information content (AvgIpc) is 4.14. The molecule has 3 atom stereocenters. The lowest BCUT2D eigenvalue weighted by atomic mass is 10.00. The van der Waals surface area contributed by atoms with Crippen LogP contribution in [0.1, 0.15) is 85.4 Å². The van der Waals surface area contributed by atoms with Crippen molar-refractivity contribution in [1.82, 2.24) is 34.4 Å². The second-order valence-corrected chi connectivity index (χ2v) is 22.4. The smallest absolute Gasteiger partial charge is 0.293 e. The van der Waals surface area contributed by atoms with Gasteiger partial charge in [-0.15, -0.1) is 0 Å². The summed E-state index contributed by atoms with van der Waals surface area (Å²) in [5, 5.41) is 8.86. The summed E-state index contributed by atoms with van der Waals surface area (Å²) in [5.41, 5.74) is -4.13. The van der Waals surface area contributed by atoms with Gasteiger partial charge in [0.15, 0.2) is 15.7 Å². The van der Waals surface area contributed by atoms with Gasteiger partial charge in [-0.3, -0.25) is 28.2 Å². The number of carbonyl (C=O) groups excluding carboxylic acids is 1. The molecular weight excluding hydrogens is 964 g/mol. The number of halogens is 9. The molecule has 0 spiro atoms. The number of carbonyl (C=O) groups is 1. The Labute approximate surface area is 380 Å². The highest BCUT2D eigenvalue weighted by Gasteiger charge is 2.67. The number of benzene rings is 3. The minimum atomic E-state index is -4.12. The van der Waals surface area contributed by atoms with Crippen LogP contribution in [0.2, 0.25) is 5.02 Å². The van der Waals surface area contributed by atoms with Crippen LogP contribution in [0.3, 0.4) is 0 Å². The molecule has 0 bridgehead atoms. The molecule has 1 amide bonds. The molecule has 67 heavy (non-hydrogen) atoms. The lowest BCUT2D eigenvalue weighted by molar-refractivity contribution is -0.123. The van der Waals surface area contributed by atoms with Crippen LogP contribution in [-0.2, 0) is 54.8 Å². The SMILES string of the molecule is CC(C)(c1ccc2c(=O)n(-c3ccc(Cl)c4c(NS(=O)(=O)C5CC5)nn(CC(F)F)c34)c(C(Cc3cc(F)cc(F)c3)NC(=O)Cn3nc(C(F)F)c4c3C(F)(F)[C@@H]3C[C@H]43)nc2c1)S(C)(=O)=O.